The Bertz CT molecular complexity index is 735. The lowest BCUT2D eigenvalue weighted by molar-refractivity contribution is 0.814. The fourth-order valence-corrected chi connectivity index (χ4v) is 2.89. The van der Waals surface area contributed by atoms with Gasteiger partial charge in [-0.2, -0.15) is 5.10 Å². The monoisotopic (exact) mass is 341 g/mol. The molecule has 2 aromatic carbocycles. The van der Waals surface area contributed by atoms with Crippen molar-refractivity contribution in [3.63, 3.8) is 0 Å². The minimum Gasteiger partial charge on any atom is -0.316 e. The largest absolute Gasteiger partial charge is 0.316 e. The van der Waals surface area contributed by atoms with Gasteiger partial charge in [0.25, 0.3) is 0 Å². The number of benzene rings is 2. The van der Waals surface area contributed by atoms with Crippen LogP contribution in [0.3, 0.4) is 0 Å². The van der Waals surface area contributed by atoms with Gasteiger partial charge in [-0.3, -0.25) is 0 Å². The van der Waals surface area contributed by atoms with E-state index in [0.29, 0.717) is 0 Å². The van der Waals surface area contributed by atoms with E-state index in [1.54, 1.807) is 0 Å². The summed E-state index contributed by atoms with van der Waals surface area (Å²) in [5.74, 6) is 0. The average molecular weight is 342 g/mol. The molecule has 3 rings (SSSR count). The van der Waals surface area contributed by atoms with Crippen LogP contribution < -0.4 is 5.32 Å². The molecule has 1 N–H and O–H groups in total. The Kier molecular flexibility index (Phi) is 4.18. The molecule has 0 saturated carbocycles. The van der Waals surface area contributed by atoms with Crippen LogP contribution in [0.15, 0.2) is 65.4 Å². The molecule has 0 bridgehead atoms. The third-order valence-electron chi connectivity index (χ3n) is 3.33. The topological polar surface area (TPSA) is 29.9 Å². The molecular formula is C17H16BrN3. The van der Waals surface area contributed by atoms with Gasteiger partial charge in [0.2, 0.25) is 0 Å². The van der Waals surface area contributed by atoms with Gasteiger partial charge in [0.15, 0.2) is 0 Å². The highest BCUT2D eigenvalue weighted by Gasteiger charge is 2.07. The molecule has 106 valence electrons. The van der Waals surface area contributed by atoms with E-state index < -0.39 is 0 Å². The molecule has 3 nitrogen and oxygen atoms in total. The first-order chi connectivity index (χ1) is 10.3. The van der Waals surface area contributed by atoms with Gasteiger partial charge in [0.05, 0.1) is 11.9 Å². The van der Waals surface area contributed by atoms with Gasteiger partial charge in [-0.1, -0.05) is 36.4 Å². The molecule has 0 saturated heterocycles. The number of hydrogen-bond acceptors (Lipinski definition) is 2. The summed E-state index contributed by atoms with van der Waals surface area (Å²) in [7, 11) is 1.95. The first kappa shape index (κ1) is 14.0. The third kappa shape index (κ3) is 3.06. The van der Waals surface area contributed by atoms with E-state index in [4.69, 9.17) is 0 Å². The summed E-state index contributed by atoms with van der Waals surface area (Å²) in [6.07, 6.45) is 3.94. The van der Waals surface area contributed by atoms with Crippen LogP contribution >= 0.6 is 15.9 Å². The number of hydrogen-bond donors (Lipinski definition) is 1. The van der Waals surface area contributed by atoms with Gasteiger partial charge in [-0.05, 0) is 46.2 Å². The molecule has 0 radical (unpaired) electrons. The van der Waals surface area contributed by atoms with Crippen molar-refractivity contribution in [1.29, 1.82) is 0 Å². The molecule has 0 atom stereocenters. The molecule has 1 aromatic heterocycles. The van der Waals surface area contributed by atoms with Gasteiger partial charge >= 0.3 is 0 Å². The molecule has 3 aromatic rings. The lowest BCUT2D eigenvalue weighted by Crippen LogP contribution is -2.05. The second kappa shape index (κ2) is 6.24. The van der Waals surface area contributed by atoms with Crippen LogP contribution in [0.2, 0.25) is 0 Å². The maximum absolute atomic E-state index is 4.47. The molecule has 0 aliphatic carbocycles. The maximum atomic E-state index is 4.47. The Morgan fingerprint density at radius 1 is 1.10 bits per heavy atom. The standard InChI is InChI=1S/C17H16BrN3/c1-19-10-13-7-8-17(16(18)9-13)21-12-15(11-20-21)14-5-3-2-4-6-14/h2-9,11-12,19H,10H2,1H3. The van der Waals surface area contributed by atoms with Crippen LogP contribution in [0, 0.1) is 0 Å². The molecule has 21 heavy (non-hydrogen) atoms. The molecule has 0 aliphatic rings. The van der Waals surface area contributed by atoms with E-state index in [1.165, 1.54) is 11.1 Å². The average Bonchev–Trinajstić information content (AvgIpc) is 2.98. The SMILES string of the molecule is CNCc1ccc(-n2cc(-c3ccccc3)cn2)c(Br)c1. The number of aromatic nitrogens is 2. The fraction of sp³-hybridized carbons (Fsp3) is 0.118. The summed E-state index contributed by atoms with van der Waals surface area (Å²) in [5, 5.41) is 7.62. The summed E-state index contributed by atoms with van der Waals surface area (Å²) < 4.78 is 2.94. The number of halogens is 1. The lowest BCUT2D eigenvalue weighted by Gasteiger charge is -2.07. The van der Waals surface area contributed by atoms with Crippen molar-refractivity contribution in [1.82, 2.24) is 15.1 Å². The molecule has 0 spiro atoms. The van der Waals surface area contributed by atoms with Crippen LogP contribution in [-0.2, 0) is 6.54 Å². The summed E-state index contributed by atoms with van der Waals surface area (Å²) in [6, 6.07) is 16.6. The second-order valence-electron chi connectivity index (χ2n) is 4.86. The van der Waals surface area contributed by atoms with Crippen molar-refractivity contribution >= 4 is 15.9 Å². The Morgan fingerprint density at radius 2 is 1.90 bits per heavy atom. The van der Waals surface area contributed by atoms with Gasteiger partial charge in [0.1, 0.15) is 0 Å². The fourth-order valence-electron chi connectivity index (χ4n) is 2.28. The maximum Gasteiger partial charge on any atom is 0.0787 e. The minimum absolute atomic E-state index is 0.854. The van der Waals surface area contributed by atoms with Crippen molar-refractivity contribution in [2.45, 2.75) is 6.54 Å². The summed E-state index contributed by atoms with van der Waals surface area (Å²) in [6.45, 7) is 0.854. The normalized spacial score (nSPS) is 10.8. The van der Waals surface area contributed by atoms with Crippen molar-refractivity contribution in [2.75, 3.05) is 7.05 Å². The van der Waals surface area contributed by atoms with Crippen molar-refractivity contribution in [3.8, 4) is 16.8 Å². The summed E-state index contributed by atoms with van der Waals surface area (Å²) in [4.78, 5) is 0. The van der Waals surface area contributed by atoms with Crippen LogP contribution in [-0.4, -0.2) is 16.8 Å². The molecule has 0 unspecified atom stereocenters. The van der Waals surface area contributed by atoms with E-state index in [-0.39, 0.29) is 0 Å². The molecule has 0 fully saturated rings. The molecule has 0 amide bonds. The molecule has 1 heterocycles. The highest BCUT2D eigenvalue weighted by Crippen LogP contribution is 2.25. The second-order valence-corrected chi connectivity index (χ2v) is 5.71. The number of nitrogens with zero attached hydrogens (tertiary/aromatic N) is 2. The quantitative estimate of drug-likeness (QED) is 0.776. The zero-order chi connectivity index (χ0) is 14.7. The first-order valence-corrected chi connectivity index (χ1v) is 7.61. The van der Waals surface area contributed by atoms with E-state index in [0.717, 1.165) is 22.3 Å². The van der Waals surface area contributed by atoms with Crippen LogP contribution in [0.4, 0.5) is 0 Å². The van der Waals surface area contributed by atoms with Crippen LogP contribution in [0.1, 0.15) is 5.56 Å². The van der Waals surface area contributed by atoms with Crippen LogP contribution in [0.5, 0.6) is 0 Å². The van der Waals surface area contributed by atoms with Gasteiger partial charge in [-0.15, -0.1) is 0 Å². The van der Waals surface area contributed by atoms with Crippen molar-refractivity contribution in [3.05, 3.63) is 71.0 Å². The Morgan fingerprint density at radius 3 is 2.62 bits per heavy atom. The van der Waals surface area contributed by atoms with E-state index >= 15 is 0 Å². The summed E-state index contributed by atoms with van der Waals surface area (Å²) in [5.41, 5.74) is 4.56. The van der Waals surface area contributed by atoms with E-state index in [1.807, 2.05) is 42.3 Å². The number of rotatable bonds is 4. The predicted octanol–water partition coefficient (Wildman–Crippen LogP) is 4.02. The van der Waals surface area contributed by atoms with Gasteiger partial charge in [-0.25, -0.2) is 4.68 Å². The third-order valence-corrected chi connectivity index (χ3v) is 3.96. The van der Waals surface area contributed by atoms with Gasteiger partial charge in [0, 0.05) is 22.8 Å². The van der Waals surface area contributed by atoms with Gasteiger partial charge < -0.3 is 5.32 Å². The zero-order valence-corrected chi connectivity index (χ0v) is 13.3. The number of nitrogens with one attached hydrogen (secondary N) is 1. The Hall–Kier alpha value is -1.91. The first-order valence-electron chi connectivity index (χ1n) is 6.81. The lowest BCUT2D eigenvalue weighted by atomic mass is 10.1. The smallest absolute Gasteiger partial charge is 0.0787 e. The minimum atomic E-state index is 0.854. The van der Waals surface area contributed by atoms with Crippen LogP contribution in [0.25, 0.3) is 16.8 Å². The highest BCUT2D eigenvalue weighted by molar-refractivity contribution is 9.10. The van der Waals surface area contributed by atoms with E-state index in [9.17, 15) is 0 Å². The van der Waals surface area contributed by atoms with Crippen molar-refractivity contribution < 1.29 is 0 Å². The zero-order valence-electron chi connectivity index (χ0n) is 11.8. The Balaban J connectivity index is 1.93. The molecular weight excluding hydrogens is 326 g/mol. The molecule has 0 aliphatic heterocycles. The molecule has 4 heteroatoms. The van der Waals surface area contributed by atoms with E-state index in [2.05, 4.69) is 56.7 Å². The summed E-state index contributed by atoms with van der Waals surface area (Å²) >= 11 is 3.63. The highest BCUT2D eigenvalue weighted by atomic mass is 79.9. The van der Waals surface area contributed by atoms with Crippen molar-refractivity contribution in [2.24, 2.45) is 0 Å². The predicted molar refractivity (Wildman–Crippen MR) is 89.5 cm³/mol. The Labute approximate surface area is 132 Å².